The summed E-state index contributed by atoms with van der Waals surface area (Å²) in [6.07, 6.45) is -3.39. The van der Waals surface area contributed by atoms with Gasteiger partial charge in [0.05, 0.1) is 0 Å². The molecule has 0 fully saturated rings. The molecule has 0 aromatic heterocycles. The molecule has 2 N–H and O–H groups in total. The molecule has 4 atom stereocenters. The summed E-state index contributed by atoms with van der Waals surface area (Å²) in [5.41, 5.74) is 4.25. The Morgan fingerprint density at radius 2 is 0.750 bits per heavy atom. The Hall–Kier alpha value is -4.08. The molecule has 48 heavy (non-hydrogen) atoms. The van der Waals surface area contributed by atoms with Crippen LogP contribution in [0, 0.1) is 4.91 Å². The molecule has 4 rings (SSSR count). The first-order valence-corrected chi connectivity index (χ1v) is 17.2. The van der Waals surface area contributed by atoms with Crippen molar-refractivity contribution in [1.29, 1.82) is 0 Å². The van der Waals surface area contributed by atoms with Gasteiger partial charge in [0.15, 0.2) is 0 Å². The van der Waals surface area contributed by atoms with Crippen molar-refractivity contribution in [2.45, 2.75) is 77.0 Å². The Balaban J connectivity index is 1.56. The largest absolute Gasteiger partial charge is 0.481 e. The van der Waals surface area contributed by atoms with Gasteiger partial charge in [0, 0.05) is 11.8 Å². The van der Waals surface area contributed by atoms with Crippen LogP contribution in [0.5, 0.6) is 0 Å². The van der Waals surface area contributed by atoms with E-state index in [1.54, 1.807) is 0 Å². The van der Waals surface area contributed by atoms with Crippen LogP contribution in [0.1, 0.15) is 74.6 Å². The molecular weight excluding hydrogens is 602 g/mol. The minimum atomic E-state index is -1.03. The van der Waals surface area contributed by atoms with E-state index in [4.69, 9.17) is 9.68 Å². The molecule has 8 nitrogen and oxygen atoms in total. The van der Waals surface area contributed by atoms with Crippen LogP contribution in [0.2, 0.25) is 0 Å². The Kier molecular flexibility index (Phi) is 14.6. The van der Waals surface area contributed by atoms with E-state index in [1.165, 1.54) is 0 Å². The van der Waals surface area contributed by atoms with Crippen LogP contribution < -0.4 is 0 Å². The predicted octanol–water partition coefficient (Wildman–Crippen LogP) is 7.13. The van der Waals surface area contributed by atoms with Crippen molar-refractivity contribution in [1.82, 2.24) is 9.80 Å². The molecule has 4 aromatic rings. The van der Waals surface area contributed by atoms with E-state index in [-0.39, 0.29) is 16.9 Å². The molecule has 0 amide bonds. The molecule has 0 saturated heterocycles. The molecule has 0 aliphatic rings. The van der Waals surface area contributed by atoms with Gasteiger partial charge in [-0.15, -0.1) is 0 Å². The first-order valence-electron chi connectivity index (χ1n) is 17.2. The van der Waals surface area contributed by atoms with E-state index < -0.39 is 24.7 Å². The number of aliphatic hydroxyl groups is 2. The normalized spacial score (nSPS) is 14.2. The number of benzene rings is 4. The summed E-state index contributed by atoms with van der Waals surface area (Å²) in [5.74, 6) is -0.244. The standard InChI is InChI=1S/C40H52N3O5/c1-5-41(6-2)39(37(44)29-35(31-21-13-9-14-22-31)32-23-15-10-16-24-32)47-43(46)48-40(42(7-3)8-4)38(45)30-36(33-25-17-11-18-26-33)34-27-19-12-20-28-34/h9-28,35-40,44-45H,5-8,29-30H2,1-4H3/q+1. The highest BCUT2D eigenvalue weighted by Crippen LogP contribution is 2.32. The van der Waals surface area contributed by atoms with Gasteiger partial charge >= 0.3 is 5.09 Å². The van der Waals surface area contributed by atoms with Crippen molar-refractivity contribution in [3.63, 3.8) is 0 Å². The monoisotopic (exact) mass is 654 g/mol. The molecule has 0 aliphatic heterocycles. The van der Waals surface area contributed by atoms with Gasteiger partial charge in [-0.1, -0.05) is 149 Å². The molecule has 0 spiro atoms. The third-order valence-electron chi connectivity index (χ3n) is 9.15. The lowest BCUT2D eigenvalue weighted by molar-refractivity contribution is -0.999. The van der Waals surface area contributed by atoms with Crippen LogP contribution >= 0.6 is 0 Å². The second-order valence-corrected chi connectivity index (χ2v) is 12.0. The molecule has 0 radical (unpaired) electrons. The smallest absolute Gasteiger partial charge is 0.387 e. The predicted molar refractivity (Wildman–Crippen MR) is 190 cm³/mol. The van der Waals surface area contributed by atoms with Crippen LogP contribution in [0.4, 0.5) is 0 Å². The number of aliphatic hydroxyl groups excluding tert-OH is 2. The molecular formula is C40H52N3O5+. The first kappa shape index (κ1) is 36.8. The van der Waals surface area contributed by atoms with Gasteiger partial charge in [-0.05, 0) is 61.3 Å². The molecule has 4 aromatic carbocycles. The third-order valence-corrected chi connectivity index (χ3v) is 9.15. The lowest BCUT2D eigenvalue weighted by atomic mass is 9.86. The van der Waals surface area contributed by atoms with Gasteiger partial charge in [0.25, 0.3) is 12.5 Å². The Bertz CT molecular complexity index is 1260. The van der Waals surface area contributed by atoms with Gasteiger partial charge in [-0.3, -0.25) is 9.80 Å². The highest BCUT2D eigenvalue weighted by Gasteiger charge is 2.41. The number of hydrogen-bond donors (Lipinski definition) is 2. The maximum absolute atomic E-state index is 13.6. The minimum Gasteiger partial charge on any atom is -0.387 e. The molecule has 8 heteroatoms. The lowest BCUT2D eigenvalue weighted by Crippen LogP contribution is -2.51. The lowest BCUT2D eigenvalue weighted by Gasteiger charge is -2.32. The Labute approximate surface area is 286 Å². The van der Waals surface area contributed by atoms with Crippen LogP contribution in [-0.4, -0.2) is 75.9 Å². The average molecular weight is 655 g/mol. The molecule has 0 aliphatic carbocycles. The van der Waals surface area contributed by atoms with Crippen LogP contribution in [0.15, 0.2) is 121 Å². The topological polar surface area (TPSA) is 85.5 Å². The van der Waals surface area contributed by atoms with Crippen molar-refractivity contribution in [3.8, 4) is 0 Å². The summed E-state index contributed by atoms with van der Waals surface area (Å²) in [4.78, 5) is 29.2. The highest BCUT2D eigenvalue weighted by molar-refractivity contribution is 5.33. The summed E-state index contributed by atoms with van der Waals surface area (Å²) >= 11 is 0. The van der Waals surface area contributed by atoms with Crippen LogP contribution in [0.3, 0.4) is 0 Å². The van der Waals surface area contributed by atoms with E-state index in [0.29, 0.717) is 39.0 Å². The fourth-order valence-corrected chi connectivity index (χ4v) is 6.52. The van der Waals surface area contributed by atoms with Crippen molar-refractivity contribution >= 4 is 0 Å². The molecule has 256 valence electrons. The summed E-state index contributed by atoms with van der Waals surface area (Å²) < 4.78 is 0. The number of likely N-dealkylation sites (N-methyl/N-ethyl adjacent to an activating group) is 2. The Morgan fingerprint density at radius 1 is 0.500 bits per heavy atom. The van der Waals surface area contributed by atoms with E-state index >= 15 is 0 Å². The molecule has 0 heterocycles. The van der Waals surface area contributed by atoms with E-state index in [9.17, 15) is 15.1 Å². The summed E-state index contributed by atoms with van der Waals surface area (Å²) in [6.45, 7) is 10.0. The van der Waals surface area contributed by atoms with E-state index in [0.717, 1.165) is 22.3 Å². The number of hydrogen-bond acceptors (Lipinski definition) is 7. The second-order valence-electron chi connectivity index (χ2n) is 12.0. The van der Waals surface area contributed by atoms with Gasteiger partial charge in [-0.2, -0.15) is 9.68 Å². The van der Waals surface area contributed by atoms with Crippen LogP contribution in [0.25, 0.3) is 0 Å². The quantitative estimate of drug-likeness (QED) is 0.0775. The maximum Gasteiger partial charge on any atom is 0.481 e. The Morgan fingerprint density at radius 3 is 0.979 bits per heavy atom. The third kappa shape index (κ3) is 9.97. The fraction of sp³-hybridized carbons (Fsp3) is 0.400. The number of rotatable bonds is 20. The average Bonchev–Trinajstić information content (AvgIpc) is 3.14. The fourth-order valence-electron chi connectivity index (χ4n) is 6.52. The highest BCUT2D eigenvalue weighted by atomic mass is 17.0. The zero-order valence-corrected chi connectivity index (χ0v) is 28.7. The second kappa shape index (κ2) is 19.1. The zero-order valence-electron chi connectivity index (χ0n) is 28.7. The first-order chi connectivity index (χ1) is 23.4. The summed E-state index contributed by atoms with van der Waals surface area (Å²) in [6, 6.07) is 40.2. The van der Waals surface area contributed by atoms with Gasteiger partial charge < -0.3 is 10.2 Å². The molecule has 0 saturated carbocycles. The van der Waals surface area contributed by atoms with Crippen molar-refractivity contribution < 1.29 is 25.0 Å². The van der Waals surface area contributed by atoms with Gasteiger partial charge in [0.2, 0.25) is 0 Å². The van der Waals surface area contributed by atoms with E-state index in [1.807, 2.05) is 110 Å². The summed E-state index contributed by atoms with van der Waals surface area (Å²) in [5, 5.41) is 23.6. The molecule has 0 bridgehead atoms. The summed E-state index contributed by atoms with van der Waals surface area (Å²) in [7, 11) is 0. The maximum atomic E-state index is 13.6. The van der Waals surface area contributed by atoms with Crippen LogP contribution in [-0.2, 0) is 9.68 Å². The van der Waals surface area contributed by atoms with Crippen molar-refractivity contribution in [3.05, 3.63) is 148 Å². The van der Waals surface area contributed by atoms with Gasteiger partial charge in [0.1, 0.15) is 17.1 Å². The SMILES string of the molecule is CCN(CC)C(O[N+](=O)OC(C(O)CC(c1ccccc1)c1ccccc1)N(CC)CC)C(O)CC(c1ccccc1)c1ccccc1. The van der Waals surface area contributed by atoms with Crippen molar-refractivity contribution in [2.24, 2.45) is 0 Å². The van der Waals surface area contributed by atoms with Gasteiger partial charge in [-0.25, -0.2) is 0 Å². The number of nitrogens with zero attached hydrogens (tertiary/aromatic N) is 3. The molecule has 4 unspecified atom stereocenters. The zero-order chi connectivity index (χ0) is 34.3. The van der Waals surface area contributed by atoms with Crippen molar-refractivity contribution in [2.75, 3.05) is 26.2 Å². The minimum absolute atomic E-state index is 0.0957. The van der Waals surface area contributed by atoms with E-state index in [2.05, 4.69) is 48.5 Å².